The number of methoxy groups -OCH3 is 1. The van der Waals surface area contributed by atoms with E-state index in [-0.39, 0.29) is 12.1 Å². The number of hydrogen-bond acceptors (Lipinski definition) is 10. The van der Waals surface area contributed by atoms with Crippen LogP contribution >= 0.6 is 0 Å². The monoisotopic (exact) mass is 626 g/mol. The molecule has 1 unspecified atom stereocenters. The Morgan fingerprint density at radius 2 is 1.76 bits per heavy atom. The van der Waals surface area contributed by atoms with Crippen LogP contribution in [0.25, 0.3) is 11.1 Å². The van der Waals surface area contributed by atoms with Gasteiger partial charge in [-0.3, -0.25) is 4.90 Å². The molecule has 4 heterocycles. The molecule has 0 radical (unpaired) electrons. The second-order valence-electron chi connectivity index (χ2n) is 12.1. The van der Waals surface area contributed by atoms with Crippen LogP contribution in [0.15, 0.2) is 48.8 Å². The molecule has 0 spiro atoms. The number of likely N-dealkylation sites (N-methyl/N-ethyl adjacent to an activating group) is 1. The standard InChI is InChI=1S/C34H42N8O4/c1-24(23-42-13-12-39(2)34(42)43)46-31-18-25(4-5-26(31)20-35)27-21-36-33(37-22-27)38-30-7-6-29(19-32(30)44-3)40-10-8-28(9-11-40)41-14-16-45-17-15-41/h4-7,18-19,21-22,24,28H,8-17,23H2,1-3H3,(H,36,37,38). The molecule has 46 heavy (non-hydrogen) atoms. The number of carbonyl (C=O) groups excluding carboxylic acids is 1. The van der Waals surface area contributed by atoms with Crippen molar-refractivity contribution < 1.29 is 19.0 Å². The van der Waals surface area contributed by atoms with E-state index in [9.17, 15) is 10.1 Å². The van der Waals surface area contributed by atoms with Gasteiger partial charge >= 0.3 is 6.03 Å². The van der Waals surface area contributed by atoms with E-state index in [1.165, 1.54) is 0 Å². The highest BCUT2D eigenvalue weighted by atomic mass is 16.5. The summed E-state index contributed by atoms with van der Waals surface area (Å²) >= 11 is 0. The van der Waals surface area contributed by atoms with Gasteiger partial charge in [0.2, 0.25) is 5.95 Å². The molecule has 1 N–H and O–H groups in total. The summed E-state index contributed by atoms with van der Waals surface area (Å²) < 4.78 is 17.4. The Labute approximate surface area is 270 Å². The van der Waals surface area contributed by atoms with Crippen LogP contribution in [0, 0.1) is 11.3 Å². The van der Waals surface area contributed by atoms with Crippen LogP contribution in [0.3, 0.4) is 0 Å². The predicted molar refractivity (Wildman–Crippen MR) is 176 cm³/mol. The minimum absolute atomic E-state index is 0.0103. The lowest BCUT2D eigenvalue weighted by Gasteiger charge is -2.40. The first-order chi connectivity index (χ1) is 22.4. The summed E-state index contributed by atoms with van der Waals surface area (Å²) in [7, 11) is 3.46. The van der Waals surface area contributed by atoms with Gasteiger partial charge in [0.05, 0.1) is 38.1 Å². The van der Waals surface area contributed by atoms with Crippen molar-refractivity contribution in [1.82, 2.24) is 24.7 Å². The number of piperidine rings is 1. The zero-order chi connectivity index (χ0) is 32.0. The van der Waals surface area contributed by atoms with E-state index in [0.717, 1.165) is 80.5 Å². The summed E-state index contributed by atoms with van der Waals surface area (Å²) in [4.78, 5) is 29.8. The number of nitrogens with one attached hydrogen (secondary N) is 1. The highest BCUT2D eigenvalue weighted by Gasteiger charge is 2.28. The van der Waals surface area contributed by atoms with E-state index in [2.05, 4.69) is 43.3 Å². The number of benzene rings is 2. The van der Waals surface area contributed by atoms with Crippen LogP contribution in [0.5, 0.6) is 11.5 Å². The van der Waals surface area contributed by atoms with Gasteiger partial charge in [-0.25, -0.2) is 14.8 Å². The first kappa shape index (κ1) is 31.4. The average Bonchev–Trinajstić information content (AvgIpc) is 3.41. The summed E-state index contributed by atoms with van der Waals surface area (Å²) in [5, 5.41) is 13.0. The highest BCUT2D eigenvalue weighted by Crippen LogP contribution is 2.34. The molecule has 6 rings (SSSR count). The normalized spacial score (nSPS) is 18.4. The highest BCUT2D eigenvalue weighted by molar-refractivity contribution is 5.76. The number of rotatable bonds is 10. The quantitative estimate of drug-likeness (QED) is 0.351. The zero-order valence-corrected chi connectivity index (χ0v) is 26.8. The minimum atomic E-state index is -0.288. The number of hydrogen-bond donors (Lipinski definition) is 1. The molecule has 2 aromatic carbocycles. The third-order valence-corrected chi connectivity index (χ3v) is 9.02. The van der Waals surface area contributed by atoms with Crippen molar-refractivity contribution in [3.05, 3.63) is 54.4 Å². The van der Waals surface area contributed by atoms with Gasteiger partial charge in [0.25, 0.3) is 0 Å². The molecule has 3 aromatic rings. The second kappa shape index (κ2) is 14.2. The van der Waals surface area contributed by atoms with Crippen molar-refractivity contribution in [2.45, 2.75) is 31.9 Å². The number of anilines is 3. The van der Waals surface area contributed by atoms with Crippen LogP contribution in [0.2, 0.25) is 0 Å². The molecule has 12 heteroatoms. The van der Waals surface area contributed by atoms with Gasteiger partial charge in [-0.05, 0) is 49.6 Å². The molecule has 3 aliphatic rings. The molecular weight excluding hydrogens is 584 g/mol. The van der Waals surface area contributed by atoms with Crippen LogP contribution in [-0.2, 0) is 4.74 Å². The van der Waals surface area contributed by atoms with Crippen LogP contribution < -0.4 is 19.7 Å². The molecule has 242 valence electrons. The number of aromatic nitrogens is 2. The number of ether oxygens (including phenoxy) is 3. The molecule has 0 saturated carbocycles. The Kier molecular flexibility index (Phi) is 9.71. The van der Waals surface area contributed by atoms with Crippen molar-refractivity contribution in [3.63, 3.8) is 0 Å². The van der Waals surface area contributed by atoms with Gasteiger partial charge in [0, 0.05) is 82.1 Å². The summed E-state index contributed by atoms with van der Waals surface area (Å²) in [6.07, 6.45) is 5.48. The fourth-order valence-electron chi connectivity index (χ4n) is 6.40. The fourth-order valence-corrected chi connectivity index (χ4v) is 6.40. The van der Waals surface area contributed by atoms with Crippen LogP contribution in [0.4, 0.5) is 22.1 Å². The van der Waals surface area contributed by atoms with E-state index in [1.54, 1.807) is 42.4 Å². The van der Waals surface area contributed by atoms with Crippen LogP contribution in [-0.4, -0.2) is 116 Å². The van der Waals surface area contributed by atoms with Gasteiger partial charge in [0.1, 0.15) is 23.7 Å². The third kappa shape index (κ3) is 7.11. The smallest absolute Gasteiger partial charge is 0.319 e. The predicted octanol–water partition coefficient (Wildman–Crippen LogP) is 4.20. The molecule has 1 aromatic heterocycles. The number of nitriles is 1. The minimum Gasteiger partial charge on any atom is -0.494 e. The third-order valence-electron chi connectivity index (χ3n) is 9.02. The maximum Gasteiger partial charge on any atom is 0.319 e. The van der Waals surface area contributed by atoms with E-state index >= 15 is 0 Å². The number of morpholine rings is 1. The van der Waals surface area contributed by atoms with Gasteiger partial charge in [-0.2, -0.15) is 5.26 Å². The fraction of sp³-hybridized carbons (Fsp3) is 0.471. The number of carbonyl (C=O) groups is 1. The first-order valence-electron chi connectivity index (χ1n) is 16.0. The second-order valence-corrected chi connectivity index (χ2v) is 12.1. The van der Waals surface area contributed by atoms with E-state index in [4.69, 9.17) is 14.2 Å². The van der Waals surface area contributed by atoms with Crippen molar-refractivity contribution >= 4 is 23.4 Å². The molecule has 3 saturated heterocycles. The maximum atomic E-state index is 12.3. The molecular formula is C34H42N8O4. The van der Waals surface area contributed by atoms with Gasteiger partial charge < -0.3 is 34.2 Å². The molecule has 2 amide bonds. The van der Waals surface area contributed by atoms with Gasteiger partial charge in [0.15, 0.2) is 0 Å². The largest absolute Gasteiger partial charge is 0.494 e. The molecule has 3 fully saturated rings. The Morgan fingerprint density at radius 3 is 2.43 bits per heavy atom. The van der Waals surface area contributed by atoms with E-state index in [1.807, 2.05) is 25.1 Å². The van der Waals surface area contributed by atoms with Crippen molar-refractivity contribution in [2.75, 3.05) is 83.4 Å². The van der Waals surface area contributed by atoms with Crippen molar-refractivity contribution in [2.24, 2.45) is 0 Å². The Hall–Kier alpha value is -4.60. The summed E-state index contributed by atoms with van der Waals surface area (Å²) in [6, 6.07) is 14.4. The van der Waals surface area contributed by atoms with E-state index < -0.39 is 0 Å². The number of urea groups is 1. The summed E-state index contributed by atoms with van der Waals surface area (Å²) in [5.74, 6) is 1.63. The molecule has 0 aliphatic carbocycles. The van der Waals surface area contributed by atoms with Gasteiger partial charge in [-0.1, -0.05) is 6.07 Å². The Balaban J connectivity index is 1.08. The SMILES string of the molecule is COc1cc(N2CCC(N3CCOCC3)CC2)ccc1Nc1ncc(-c2ccc(C#N)c(OC(C)CN3CCN(C)C3=O)c2)cn1. The maximum absolute atomic E-state index is 12.3. The average molecular weight is 627 g/mol. The summed E-state index contributed by atoms with van der Waals surface area (Å²) in [6.45, 7) is 9.48. The molecule has 12 nitrogen and oxygen atoms in total. The zero-order valence-electron chi connectivity index (χ0n) is 26.8. The topological polar surface area (TPSA) is 119 Å². The number of nitrogens with zero attached hydrogens (tertiary/aromatic N) is 7. The first-order valence-corrected chi connectivity index (χ1v) is 16.0. The Bertz CT molecular complexity index is 1550. The van der Waals surface area contributed by atoms with Crippen LogP contribution in [0.1, 0.15) is 25.3 Å². The lowest BCUT2D eigenvalue weighted by atomic mass is 10.0. The lowest BCUT2D eigenvalue weighted by Crippen LogP contribution is -2.49. The Morgan fingerprint density at radius 1 is 1.00 bits per heavy atom. The van der Waals surface area contributed by atoms with Crippen molar-refractivity contribution in [1.29, 1.82) is 5.26 Å². The molecule has 3 aliphatic heterocycles. The lowest BCUT2D eigenvalue weighted by molar-refractivity contribution is 0.0115. The summed E-state index contributed by atoms with van der Waals surface area (Å²) in [5.41, 5.74) is 3.96. The van der Waals surface area contributed by atoms with E-state index in [0.29, 0.717) is 42.9 Å². The number of amides is 2. The van der Waals surface area contributed by atoms with Gasteiger partial charge in [-0.15, -0.1) is 0 Å². The molecule has 1 atom stereocenters. The molecule has 0 bridgehead atoms. The van der Waals surface area contributed by atoms with Crippen molar-refractivity contribution in [3.8, 4) is 28.7 Å².